The van der Waals surface area contributed by atoms with Crippen molar-refractivity contribution in [3.05, 3.63) is 73.4 Å². The first kappa shape index (κ1) is 12.2. The van der Waals surface area contributed by atoms with Crippen molar-refractivity contribution in [2.75, 3.05) is 16.0 Å². The Morgan fingerprint density at radius 3 is 2.55 bits per heavy atom. The van der Waals surface area contributed by atoms with Crippen LogP contribution < -0.4 is 20.7 Å². The SMILES string of the molecule is C=C(Nc1ccccc1)Nc1ccc2c(c1)OC(=C)N2. The van der Waals surface area contributed by atoms with Crippen LogP contribution in [0.5, 0.6) is 5.75 Å². The Morgan fingerprint density at radius 1 is 1.00 bits per heavy atom. The van der Waals surface area contributed by atoms with Gasteiger partial charge >= 0.3 is 0 Å². The molecular formula is C16H15N3O. The molecule has 0 fully saturated rings. The van der Waals surface area contributed by atoms with E-state index >= 15 is 0 Å². The predicted molar refractivity (Wildman–Crippen MR) is 82.7 cm³/mol. The van der Waals surface area contributed by atoms with Gasteiger partial charge in [0.1, 0.15) is 5.82 Å². The van der Waals surface area contributed by atoms with Gasteiger partial charge < -0.3 is 20.7 Å². The Morgan fingerprint density at radius 2 is 1.75 bits per heavy atom. The average molecular weight is 265 g/mol. The molecule has 0 saturated carbocycles. The zero-order valence-electron chi connectivity index (χ0n) is 10.9. The van der Waals surface area contributed by atoms with Crippen molar-refractivity contribution in [1.29, 1.82) is 0 Å². The highest BCUT2D eigenvalue weighted by molar-refractivity contribution is 5.70. The second-order valence-electron chi connectivity index (χ2n) is 4.46. The molecular weight excluding hydrogens is 250 g/mol. The van der Waals surface area contributed by atoms with E-state index in [1.807, 2.05) is 48.5 Å². The molecule has 0 saturated heterocycles. The van der Waals surface area contributed by atoms with Crippen LogP contribution in [0.3, 0.4) is 0 Å². The first-order chi connectivity index (χ1) is 9.70. The topological polar surface area (TPSA) is 45.3 Å². The van der Waals surface area contributed by atoms with Gasteiger partial charge in [0.25, 0.3) is 0 Å². The van der Waals surface area contributed by atoms with Crippen molar-refractivity contribution < 1.29 is 4.74 Å². The number of hydrogen-bond acceptors (Lipinski definition) is 4. The summed E-state index contributed by atoms with van der Waals surface area (Å²) < 4.78 is 5.45. The number of rotatable bonds is 4. The van der Waals surface area contributed by atoms with Gasteiger partial charge in [0.15, 0.2) is 11.6 Å². The second kappa shape index (κ2) is 5.01. The van der Waals surface area contributed by atoms with Crippen molar-refractivity contribution in [2.45, 2.75) is 0 Å². The Balaban J connectivity index is 1.68. The van der Waals surface area contributed by atoms with Gasteiger partial charge in [-0.1, -0.05) is 24.8 Å². The summed E-state index contributed by atoms with van der Waals surface area (Å²) in [6.07, 6.45) is 0. The van der Waals surface area contributed by atoms with E-state index < -0.39 is 0 Å². The number of fused-ring (bicyclic) bond motifs is 1. The molecule has 0 aliphatic carbocycles. The van der Waals surface area contributed by atoms with Gasteiger partial charge in [-0.3, -0.25) is 0 Å². The minimum atomic E-state index is 0.540. The average Bonchev–Trinajstić information content (AvgIpc) is 2.79. The lowest BCUT2D eigenvalue weighted by molar-refractivity contribution is 0.460. The molecule has 2 aromatic rings. The van der Waals surface area contributed by atoms with Gasteiger partial charge in [-0.2, -0.15) is 0 Å². The van der Waals surface area contributed by atoms with Gasteiger partial charge in [-0.05, 0) is 30.8 Å². The van der Waals surface area contributed by atoms with E-state index in [0.717, 1.165) is 22.8 Å². The summed E-state index contributed by atoms with van der Waals surface area (Å²) in [4.78, 5) is 0. The molecule has 0 atom stereocenters. The van der Waals surface area contributed by atoms with E-state index in [0.29, 0.717) is 11.7 Å². The van der Waals surface area contributed by atoms with Crippen molar-refractivity contribution in [1.82, 2.24) is 0 Å². The fraction of sp³-hybridized carbons (Fsp3) is 0. The summed E-state index contributed by atoms with van der Waals surface area (Å²) in [5.74, 6) is 1.99. The summed E-state index contributed by atoms with van der Waals surface area (Å²) in [7, 11) is 0. The Hall–Kier alpha value is -2.88. The van der Waals surface area contributed by atoms with E-state index in [4.69, 9.17) is 4.74 Å². The van der Waals surface area contributed by atoms with E-state index in [-0.39, 0.29) is 0 Å². The molecule has 2 aromatic carbocycles. The molecule has 0 aromatic heterocycles. The predicted octanol–water partition coefficient (Wildman–Crippen LogP) is 3.96. The highest BCUT2D eigenvalue weighted by Gasteiger charge is 2.14. The molecule has 0 amide bonds. The number of para-hydroxylation sites is 1. The zero-order valence-corrected chi connectivity index (χ0v) is 10.9. The summed E-state index contributed by atoms with van der Waals surface area (Å²) in [6, 6.07) is 15.7. The smallest absolute Gasteiger partial charge is 0.190 e. The first-order valence-electron chi connectivity index (χ1n) is 6.26. The lowest BCUT2D eigenvalue weighted by atomic mass is 10.2. The van der Waals surface area contributed by atoms with Crippen LogP contribution in [0.4, 0.5) is 17.1 Å². The largest absolute Gasteiger partial charge is 0.439 e. The molecule has 1 aliphatic rings. The molecule has 1 heterocycles. The van der Waals surface area contributed by atoms with Gasteiger partial charge in [0.05, 0.1) is 5.69 Å². The molecule has 20 heavy (non-hydrogen) atoms. The molecule has 1 aliphatic heterocycles. The molecule has 4 heteroatoms. The van der Waals surface area contributed by atoms with Crippen LogP contribution in [0.25, 0.3) is 0 Å². The Labute approximate surface area is 117 Å². The normalized spacial score (nSPS) is 12.1. The molecule has 4 nitrogen and oxygen atoms in total. The lowest BCUT2D eigenvalue weighted by Crippen LogP contribution is -2.07. The van der Waals surface area contributed by atoms with Crippen LogP contribution in [0.2, 0.25) is 0 Å². The van der Waals surface area contributed by atoms with Crippen molar-refractivity contribution in [3.63, 3.8) is 0 Å². The molecule has 0 unspecified atom stereocenters. The maximum absolute atomic E-state index is 5.45. The third kappa shape index (κ3) is 2.59. The van der Waals surface area contributed by atoms with Gasteiger partial charge in [-0.15, -0.1) is 0 Å². The lowest BCUT2D eigenvalue weighted by Gasteiger charge is -2.12. The minimum absolute atomic E-state index is 0.540. The maximum atomic E-state index is 5.45. The van der Waals surface area contributed by atoms with Crippen molar-refractivity contribution >= 4 is 17.1 Å². The molecule has 3 N–H and O–H groups in total. The van der Waals surface area contributed by atoms with E-state index in [2.05, 4.69) is 29.1 Å². The quantitative estimate of drug-likeness (QED) is 0.783. The van der Waals surface area contributed by atoms with Crippen molar-refractivity contribution in [3.8, 4) is 5.75 Å². The van der Waals surface area contributed by atoms with E-state index in [9.17, 15) is 0 Å². The van der Waals surface area contributed by atoms with Crippen LogP contribution in [0.15, 0.2) is 73.4 Å². The van der Waals surface area contributed by atoms with Crippen molar-refractivity contribution in [2.24, 2.45) is 0 Å². The Kier molecular flexibility index (Phi) is 3.05. The van der Waals surface area contributed by atoms with Gasteiger partial charge in [-0.25, -0.2) is 0 Å². The van der Waals surface area contributed by atoms with Crippen LogP contribution in [0, 0.1) is 0 Å². The van der Waals surface area contributed by atoms with Gasteiger partial charge in [0, 0.05) is 17.4 Å². The van der Waals surface area contributed by atoms with Gasteiger partial charge in [0.2, 0.25) is 0 Å². The number of ether oxygens (including phenoxy) is 1. The summed E-state index contributed by atoms with van der Waals surface area (Å²) >= 11 is 0. The zero-order chi connectivity index (χ0) is 13.9. The monoisotopic (exact) mass is 265 g/mol. The number of anilines is 3. The fourth-order valence-corrected chi connectivity index (χ4v) is 2.00. The highest BCUT2D eigenvalue weighted by Crippen LogP contribution is 2.35. The molecule has 0 spiro atoms. The van der Waals surface area contributed by atoms with Crippen LogP contribution >= 0.6 is 0 Å². The number of nitrogens with one attached hydrogen (secondary N) is 3. The summed E-state index contributed by atoms with van der Waals surface area (Å²) in [5, 5.41) is 9.41. The molecule has 0 bridgehead atoms. The number of benzene rings is 2. The third-order valence-electron chi connectivity index (χ3n) is 2.85. The van der Waals surface area contributed by atoms with Crippen LogP contribution in [-0.4, -0.2) is 0 Å². The molecule has 0 radical (unpaired) electrons. The minimum Gasteiger partial charge on any atom is -0.439 e. The van der Waals surface area contributed by atoms with Crippen LogP contribution in [-0.2, 0) is 0 Å². The molecule has 3 rings (SSSR count). The third-order valence-corrected chi connectivity index (χ3v) is 2.85. The molecule has 100 valence electrons. The highest BCUT2D eigenvalue weighted by atomic mass is 16.5. The maximum Gasteiger partial charge on any atom is 0.190 e. The first-order valence-corrected chi connectivity index (χ1v) is 6.26. The van der Waals surface area contributed by atoms with E-state index in [1.165, 1.54) is 0 Å². The van der Waals surface area contributed by atoms with E-state index in [1.54, 1.807) is 0 Å². The summed E-state index contributed by atoms with van der Waals surface area (Å²) in [5.41, 5.74) is 2.80. The fourth-order valence-electron chi connectivity index (χ4n) is 2.00. The number of hydrogen-bond donors (Lipinski definition) is 3. The summed E-state index contributed by atoms with van der Waals surface area (Å²) in [6.45, 7) is 7.69. The second-order valence-corrected chi connectivity index (χ2v) is 4.46. The Bertz CT molecular complexity index is 665. The standard InChI is InChI=1S/C16H15N3O/c1-11(17-13-6-4-3-5-7-13)18-14-8-9-15-16(10-14)20-12(2)19-15/h3-10,17-19H,1-2H2. The van der Waals surface area contributed by atoms with Crippen LogP contribution in [0.1, 0.15) is 0 Å².